The van der Waals surface area contributed by atoms with E-state index in [1.165, 1.54) is 28.9 Å². The maximum absolute atomic E-state index is 14.1. The van der Waals surface area contributed by atoms with Crippen LogP contribution in [0.2, 0.25) is 0 Å². The highest BCUT2D eigenvalue weighted by Crippen LogP contribution is 2.39. The normalized spacial score (nSPS) is 13.3. The largest absolute Gasteiger partial charge is 0.494 e. The van der Waals surface area contributed by atoms with Gasteiger partial charge in [-0.15, -0.1) is 20.1 Å². The molecule has 7 nitrogen and oxygen atoms in total. The third kappa shape index (κ3) is 11.4. The summed E-state index contributed by atoms with van der Waals surface area (Å²) in [6.07, 6.45) is -12.2. The maximum Gasteiger partial charge on any atom is 0.494 e. The van der Waals surface area contributed by atoms with Gasteiger partial charge in [0.05, 0.1) is 26.1 Å². The van der Waals surface area contributed by atoms with Gasteiger partial charge in [0.2, 0.25) is 0 Å². The molecule has 0 spiro atoms. The minimum absolute atomic E-state index is 0.215. The number of aryl methyl sites for hydroxylation is 2. The number of alkyl halides is 6. The number of thiophene rings is 1. The van der Waals surface area contributed by atoms with Gasteiger partial charge in [-0.05, 0) is 65.6 Å². The smallest absolute Gasteiger partial charge is 0.493 e. The molecule has 3 rings (SSSR count). The van der Waals surface area contributed by atoms with E-state index in [0.717, 1.165) is 46.2 Å². The number of rotatable bonds is 19. The van der Waals surface area contributed by atoms with Crippen molar-refractivity contribution in [2.24, 2.45) is 11.5 Å². The molecule has 1 atom stereocenters. The fourth-order valence-corrected chi connectivity index (χ4v) is 5.53. The number of fused-ring (bicyclic) bond motifs is 1. The van der Waals surface area contributed by atoms with E-state index in [0.29, 0.717) is 0 Å². The van der Waals surface area contributed by atoms with E-state index in [-0.39, 0.29) is 12.3 Å². The number of ether oxygens (including phenoxy) is 4. The summed E-state index contributed by atoms with van der Waals surface area (Å²) >= 11 is 1.50. The van der Waals surface area contributed by atoms with E-state index in [1.54, 1.807) is 18.2 Å². The van der Waals surface area contributed by atoms with Gasteiger partial charge in [0.15, 0.2) is 0 Å². The molecule has 3 aromatic rings. The lowest BCUT2D eigenvalue weighted by atomic mass is 9.98. The third-order valence-corrected chi connectivity index (χ3v) is 7.90. The van der Waals surface area contributed by atoms with Gasteiger partial charge in [0.1, 0.15) is 11.8 Å². The van der Waals surface area contributed by atoms with E-state index in [1.807, 2.05) is 6.07 Å². The Morgan fingerprint density at radius 2 is 1.60 bits per heavy atom. The molecule has 0 aliphatic rings. The summed E-state index contributed by atoms with van der Waals surface area (Å²) in [5.41, 5.74) is 14.0. The number of benzene rings is 2. The Morgan fingerprint density at radius 1 is 0.911 bits per heavy atom. The van der Waals surface area contributed by atoms with Gasteiger partial charge < -0.3 is 20.9 Å². The highest BCUT2D eigenvalue weighted by atomic mass is 32.1. The van der Waals surface area contributed by atoms with Crippen molar-refractivity contribution in [2.75, 3.05) is 19.8 Å². The predicted octanol–water partition coefficient (Wildman–Crippen LogP) is 7.62. The first-order chi connectivity index (χ1) is 21.2. The van der Waals surface area contributed by atoms with Crippen LogP contribution in [0.5, 0.6) is 5.75 Å². The first-order valence-electron chi connectivity index (χ1n) is 14.6. The van der Waals surface area contributed by atoms with Crippen molar-refractivity contribution in [3.05, 3.63) is 53.6 Å². The summed E-state index contributed by atoms with van der Waals surface area (Å²) in [6.45, 7) is 2.08. The van der Waals surface area contributed by atoms with Crippen molar-refractivity contribution in [1.82, 2.24) is 0 Å². The maximum atomic E-state index is 14.1. The lowest BCUT2D eigenvalue weighted by molar-refractivity contribution is -0.514. The van der Waals surface area contributed by atoms with Crippen LogP contribution in [0.15, 0.2) is 42.5 Å². The van der Waals surface area contributed by atoms with Crippen molar-refractivity contribution in [1.29, 1.82) is 0 Å². The first kappa shape index (κ1) is 36.6. The van der Waals surface area contributed by atoms with Gasteiger partial charge in [-0.2, -0.15) is 17.6 Å². The third-order valence-electron chi connectivity index (χ3n) is 6.77. The Kier molecular flexibility index (Phi) is 13.1. The average Bonchev–Trinajstić information content (AvgIpc) is 3.38. The van der Waals surface area contributed by atoms with Crippen LogP contribution in [-0.2, 0) is 31.8 Å². The van der Waals surface area contributed by atoms with E-state index < -0.39 is 56.6 Å². The highest BCUT2D eigenvalue weighted by molar-refractivity contribution is 7.22. The molecule has 14 heteroatoms. The van der Waals surface area contributed by atoms with Crippen molar-refractivity contribution in [3.63, 3.8) is 0 Å². The van der Waals surface area contributed by atoms with Gasteiger partial charge in [-0.25, -0.2) is 9.47 Å². The van der Waals surface area contributed by atoms with Crippen LogP contribution in [-0.4, -0.2) is 50.3 Å². The molecule has 45 heavy (non-hydrogen) atoms. The summed E-state index contributed by atoms with van der Waals surface area (Å²) in [7, 11) is 0. The number of halogens is 6. The van der Waals surface area contributed by atoms with Crippen LogP contribution in [0.3, 0.4) is 0 Å². The fraction of sp³-hybridized carbons (Fsp3) is 0.516. The molecule has 1 aromatic heterocycles. The number of nitrogens with two attached hydrogens (primary N) is 2. The zero-order valence-electron chi connectivity index (χ0n) is 25.1. The molecule has 0 amide bonds. The SMILES string of the molecule is CCCCCc1ccc(-c2cc3ccc(OCCC(F)(F)OC(F)(F)OC(F)(F)CCOC(=O)C(N)CN)cc3s2)c(CC)c1. The summed E-state index contributed by atoms with van der Waals surface area (Å²) in [6, 6.07) is 12.2. The van der Waals surface area contributed by atoms with E-state index in [9.17, 15) is 31.1 Å². The molecule has 0 aliphatic heterocycles. The number of carbonyl (C=O) groups is 1. The Labute approximate surface area is 261 Å². The van der Waals surface area contributed by atoms with Crippen LogP contribution in [0.1, 0.15) is 57.1 Å². The summed E-state index contributed by atoms with van der Waals surface area (Å²) in [5, 5.41) is 0.916. The Bertz CT molecular complexity index is 1400. The number of unbranched alkanes of at least 4 members (excludes halogenated alkanes) is 2. The minimum atomic E-state index is -5.37. The van der Waals surface area contributed by atoms with Crippen LogP contribution in [0, 0.1) is 0 Å². The van der Waals surface area contributed by atoms with Crippen molar-refractivity contribution < 1.29 is 50.1 Å². The molecule has 250 valence electrons. The van der Waals surface area contributed by atoms with E-state index >= 15 is 0 Å². The molecular weight excluding hydrogens is 626 g/mol. The fourth-order valence-electron chi connectivity index (χ4n) is 4.38. The van der Waals surface area contributed by atoms with Crippen LogP contribution in [0.25, 0.3) is 20.5 Å². The number of hydrogen-bond donors (Lipinski definition) is 2. The zero-order valence-corrected chi connectivity index (χ0v) is 25.9. The van der Waals surface area contributed by atoms with Gasteiger partial charge in [0.25, 0.3) is 0 Å². The van der Waals surface area contributed by atoms with Gasteiger partial charge >= 0.3 is 24.5 Å². The number of esters is 1. The Balaban J connectivity index is 1.55. The second-order valence-corrected chi connectivity index (χ2v) is 11.5. The Morgan fingerprint density at radius 3 is 2.24 bits per heavy atom. The van der Waals surface area contributed by atoms with E-state index in [2.05, 4.69) is 46.3 Å². The second kappa shape index (κ2) is 16.1. The first-order valence-corrected chi connectivity index (χ1v) is 15.4. The molecule has 0 saturated carbocycles. The van der Waals surface area contributed by atoms with E-state index in [4.69, 9.17) is 16.2 Å². The molecule has 1 unspecified atom stereocenters. The molecule has 0 bridgehead atoms. The average molecular weight is 665 g/mol. The van der Waals surface area contributed by atoms with Crippen molar-refractivity contribution >= 4 is 27.4 Å². The zero-order chi connectivity index (χ0) is 33.3. The second-order valence-electron chi connectivity index (χ2n) is 10.4. The summed E-state index contributed by atoms with van der Waals surface area (Å²) in [5.74, 6) is -0.929. The van der Waals surface area contributed by atoms with Gasteiger partial charge in [-0.3, -0.25) is 4.79 Å². The molecule has 2 aromatic carbocycles. The van der Waals surface area contributed by atoms with Gasteiger partial charge in [0, 0.05) is 16.1 Å². The number of hydrogen-bond acceptors (Lipinski definition) is 8. The quantitative estimate of drug-likeness (QED) is 0.0588. The monoisotopic (exact) mass is 664 g/mol. The van der Waals surface area contributed by atoms with Gasteiger partial charge in [-0.1, -0.05) is 44.9 Å². The standard InChI is InChI=1S/C31H38F6N2O5S/c1-3-5-6-7-20-8-11-24(21(4-2)16-20)27-17-22-9-10-23(18-26(22)45-27)41-14-12-29(32,33)43-31(36,37)44-30(34,35)13-15-42-28(40)25(39)19-38/h8-11,16-18,25H,3-7,12-15,19,38-39H2,1-2H3. The van der Waals surface area contributed by atoms with Crippen LogP contribution >= 0.6 is 11.3 Å². The lowest BCUT2D eigenvalue weighted by Gasteiger charge is -2.26. The molecular formula is C31H38F6N2O5S. The minimum Gasteiger partial charge on any atom is -0.493 e. The van der Waals surface area contributed by atoms with Crippen LogP contribution < -0.4 is 16.2 Å². The molecule has 1 heterocycles. The highest BCUT2D eigenvalue weighted by Gasteiger charge is 2.52. The lowest BCUT2D eigenvalue weighted by Crippen LogP contribution is -2.42. The molecule has 0 aliphatic carbocycles. The molecule has 4 N–H and O–H groups in total. The number of carbonyl (C=O) groups excluding carboxylic acids is 1. The molecule has 0 radical (unpaired) electrons. The topological polar surface area (TPSA) is 106 Å². The van der Waals surface area contributed by atoms with Crippen LogP contribution in [0.4, 0.5) is 26.3 Å². The van der Waals surface area contributed by atoms with Crippen molar-refractivity contribution in [3.8, 4) is 16.2 Å². The predicted molar refractivity (Wildman–Crippen MR) is 160 cm³/mol. The molecule has 0 fully saturated rings. The summed E-state index contributed by atoms with van der Waals surface area (Å²) < 4.78 is 100. The Hall–Kier alpha value is -2.91. The molecule has 0 saturated heterocycles. The summed E-state index contributed by atoms with van der Waals surface area (Å²) in [4.78, 5) is 12.4. The van der Waals surface area contributed by atoms with Crippen molar-refractivity contribution in [2.45, 2.75) is 83.3 Å².